The number of aryl methyl sites for hydroxylation is 1. The first-order chi connectivity index (χ1) is 12.2. The Bertz CT molecular complexity index is 659. The fraction of sp³-hybridized carbons (Fsp3) is 0.526. The van der Waals surface area contributed by atoms with Crippen LogP contribution in [0.2, 0.25) is 0 Å². The molecule has 0 bridgehead atoms. The molecular formula is C19H29N5O. The lowest BCUT2D eigenvalue weighted by Crippen LogP contribution is -2.37. The summed E-state index contributed by atoms with van der Waals surface area (Å²) in [6.45, 7) is 7.71. The van der Waals surface area contributed by atoms with Crippen LogP contribution in [-0.2, 0) is 13.0 Å². The van der Waals surface area contributed by atoms with Gasteiger partial charge in [0.25, 0.3) is 0 Å². The zero-order chi connectivity index (χ0) is 18.1. The molecule has 0 aliphatic heterocycles. The van der Waals surface area contributed by atoms with E-state index in [1.54, 1.807) is 7.05 Å². The summed E-state index contributed by atoms with van der Waals surface area (Å²) in [6, 6.07) is 6.17. The zero-order valence-electron chi connectivity index (χ0n) is 15.7. The molecule has 25 heavy (non-hydrogen) atoms. The van der Waals surface area contributed by atoms with Crippen molar-refractivity contribution in [3.8, 4) is 0 Å². The number of nitrogens with zero attached hydrogens (tertiary/aromatic N) is 3. The lowest BCUT2D eigenvalue weighted by atomic mass is 9.99. The van der Waals surface area contributed by atoms with Crippen molar-refractivity contribution < 1.29 is 4.52 Å². The molecule has 0 aliphatic carbocycles. The van der Waals surface area contributed by atoms with E-state index in [1.807, 2.05) is 25.3 Å². The fourth-order valence-corrected chi connectivity index (χ4v) is 2.67. The van der Waals surface area contributed by atoms with Gasteiger partial charge in [-0.05, 0) is 37.8 Å². The Morgan fingerprint density at radius 2 is 2.04 bits per heavy atom. The van der Waals surface area contributed by atoms with E-state index in [2.05, 4.69) is 45.7 Å². The van der Waals surface area contributed by atoms with E-state index in [4.69, 9.17) is 4.52 Å². The number of rotatable bonds is 8. The molecule has 0 fully saturated rings. The first-order valence-electron chi connectivity index (χ1n) is 8.97. The van der Waals surface area contributed by atoms with Gasteiger partial charge in [-0.1, -0.05) is 25.1 Å². The Labute approximate surface area is 150 Å². The highest BCUT2D eigenvalue weighted by molar-refractivity contribution is 5.79. The molecule has 2 rings (SSSR count). The molecular weight excluding hydrogens is 314 g/mol. The summed E-state index contributed by atoms with van der Waals surface area (Å²) in [5.74, 6) is 2.05. The molecule has 0 spiro atoms. The normalized spacial score (nSPS) is 11.8. The minimum atomic E-state index is 0.470. The Kier molecular flexibility index (Phi) is 7.44. The molecule has 2 N–H and O–H groups in total. The largest absolute Gasteiger partial charge is 0.359 e. The van der Waals surface area contributed by atoms with Crippen LogP contribution in [0.5, 0.6) is 0 Å². The molecule has 0 unspecified atom stereocenters. The topological polar surface area (TPSA) is 75.3 Å². The minimum Gasteiger partial charge on any atom is -0.359 e. The van der Waals surface area contributed by atoms with E-state index < -0.39 is 0 Å². The van der Waals surface area contributed by atoms with Gasteiger partial charge in [-0.3, -0.25) is 9.98 Å². The maximum atomic E-state index is 5.43. The molecule has 0 aromatic carbocycles. The quantitative estimate of drug-likeness (QED) is 0.569. The van der Waals surface area contributed by atoms with E-state index in [0.717, 1.165) is 48.9 Å². The standard InChI is InChI=1S/C19H29N5O/c1-5-16(6-2)18-11-17(25-24-18)13-23-19(20-4)21-10-9-15-8-7-14(3)22-12-15/h7-8,11-12,16H,5-6,9-10,13H2,1-4H3,(H2,20,21,23). The van der Waals surface area contributed by atoms with Gasteiger partial charge in [0.1, 0.15) is 0 Å². The van der Waals surface area contributed by atoms with Crippen LogP contribution in [0.3, 0.4) is 0 Å². The van der Waals surface area contributed by atoms with Gasteiger partial charge in [0.2, 0.25) is 0 Å². The average molecular weight is 343 g/mol. The predicted octanol–water partition coefficient (Wildman–Crippen LogP) is 3.19. The van der Waals surface area contributed by atoms with Crippen molar-refractivity contribution in [3.63, 3.8) is 0 Å². The van der Waals surface area contributed by atoms with Crippen molar-refractivity contribution >= 4 is 5.96 Å². The SMILES string of the molecule is CCC(CC)c1cc(CNC(=NC)NCCc2ccc(C)nc2)on1. The van der Waals surface area contributed by atoms with Gasteiger partial charge in [0, 0.05) is 37.5 Å². The highest BCUT2D eigenvalue weighted by atomic mass is 16.5. The lowest BCUT2D eigenvalue weighted by Gasteiger charge is -2.10. The third kappa shape index (κ3) is 5.89. The summed E-state index contributed by atoms with van der Waals surface area (Å²) >= 11 is 0. The molecule has 2 heterocycles. The average Bonchev–Trinajstić information content (AvgIpc) is 3.09. The van der Waals surface area contributed by atoms with Gasteiger partial charge in [-0.25, -0.2) is 0 Å². The number of hydrogen-bond acceptors (Lipinski definition) is 4. The Morgan fingerprint density at radius 3 is 2.68 bits per heavy atom. The number of guanidine groups is 1. The molecule has 6 nitrogen and oxygen atoms in total. The summed E-state index contributed by atoms with van der Waals surface area (Å²) in [4.78, 5) is 8.55. The van der Waals surface area contributed by atoms with Crippen LogP contribution in [0.15, 0.2) is 33.9 Å². The highest BCUT2D eigenvalue weighted by Gasteiger charge is 2.13. The maximum Gasteiger partial charge on any atom is 0.191 e. The lowest BCUT2D eigenvalue weighted by molar-refractivity contribution is 0.368. The van der Waals surface area contributed by atoms with Crippen molar-refractivity contribution in [2.75, 3.05) is 13.6 Å². The molecule has 0 saturated carbocycles. The van der Waals surface area contributed by atoms with Crippen molar-refractivity contribution in [2.24, 2.45) is 4.99 Å². The van der Waals surface area contributed by atoms with E-state index in [0.29, 0.717) is 12.5 Å². The van der Waals surface area contributed by atoms with Crippen molar-refractivity contribution in [3.05, 3.63) is 47.1 Å². The third-order valence-corrected chi connectivity index (χ3v) is 4.31. The molecule has 2 aromatic heterocycles. The van der Waals surface area contributed by atoms with Gasteiger partial charge < -0.3 is 15.2 Å². The first-order valence-corrected chi connectivity index (χ1v) is 8.97. The predicted molar refractivity (Wildman–Crippen MR) is 101 cm³/mol. The van der Waals surface area contributed by atoms with Crippen LogP contribution in [-0.4, -0.2) is 29.7 Å². The second-order valence-corrected chi connectivity index (χ2v) is 6.14. The van der Waals surface area contributed by atoms with Crippen LogP contribution in [0, 0.1) is 6.92 Å². The molecule has 0 atom stereocenters. The maximum absolute atomic E-state index is 5.43. The Hall–Kier alpha value is -2.37. The summed E-state index contributed by atoms with van der Waals surface area (Å²) in [5, 5.41) is 10.8. The molecule has 0 radical (unpaired) electrons. The second kappa shape index (κ2) is 9.81. The van der Waals surface area contributed by atoms with Crippen LogP contribution < -0.4 is 10.6 Å². The van der Waals surface area contributed by atoms with Gasteiger partial charge >= 0.3 is 0 Å². The van der Waals surface area contributed by atoms with Crippen LogP contribution in [0.1, 0.15) is 55.3 Å². The smallest absolute Gasteiger partial charge is 0.191 e. The monoisotopic (exact) mass is 343 g/mol. The third-order valence-electron chi connectivity index (χ3n) is 4.31. The van der Waals surface area contributed by atoms with E-state index in [1.165, 1.54) is 5.56 Å². The Balaban J connectivity index is 1.77. The van der Waals surface area contributed by atoms with Crippen molar-refractivity contribution in [2.45, 2.75) is 52.5 Å². The second-order valence-electron chi connectivity index (χ2n) is 6.14. The number of aliphatic imine (C=N–C) groups is 1. The van der Waals surface area contributed by atoms with Crippen molar-refractivity contribution in [1.29, 1.82) is 0 Å². The molecule has 136 valence electrons. The van der Waals surface area contributed by atoms with Crippen LogP contribution in [0.25, 0.3) is 0 Å². The summed E-state index contributed by atoms with van der Waals surface area (Å²) in [5.41, 5.74) is 3.28. The van der Waals surface area contributed by atoms with Crippen LogP contribution in [0.4, 0.5) is 0 Å². The van der Waals surface area contributed by atoms with E-state index >= 15 is 0 Å². The van der Waals surface area contributed by atoms with Gasteiger partial charge in [0.15, 0.2) is 11.7 Å². The molecule has 6 heteroatoms. The fourth-order valence-electron chi connectivity index (χ4n) is 2.67. The molecule has 0 aliphatic rings. The Morgan fingerprint density at radius 1 is 1.24 bits per heavy atom. The number of aromatic nitrogens is 2. The van der Waals surface area contributed by atoms with Crippen molar-refractivity contribution in [1.82, 2.24) is 20.8 Å². The van der Waals surface area contributed by atoms with Gasteiger partial charge in [-0.2, -0.15) is 0 Å². The zero-order valence-corrected chi connectivity index (χ0v) is 15.7. The first kappa shape index (κ1) is 19.0. The van der Waals surface area contributed by atoms with Gasteiger partial charge in [-0.15, -0.1) is 0 Å². The number of nitrogens with one attached hydrogen (secondary N) is 2. The number of pyridine rings is 1. The van der Waals surface area contributed by atoms with E-state index in [9.17, 15) is 0 Å². The number of hydrogen-bond donors (Lipinski definition) is 2. The summed E-state index contributed by atoms with van der Waals surface area (Å²) < 4.78 is 5.43. The minimum absolute atomic E-state index is 0.470. The summed E-state index contributed by atoms with van der Waals surface area (Å²) in [7, 11) is 1.76. The molecule has 2 aromatic rings. The van der Waals surface area contributed by atoms with Gasteiger partial charge in [0.05, 0.1) is 12.2 Å². The molecule has 0 amide bonds. The highest BCUT2D eigenvalue weighted by Crippen LogP contribution is 2.22. The summed E-state index contributed by atoms with van der Waals surface area (Å²) in [6.07, 6.45) is 4.97. The molecule has 0 saturated heterocycles. The van der Waals surface area contributed by atoms with E-state index in [-0.39, 0.29) is 0 Å². The van der Waals surface area contributed by atoms with Crippen LogP contribution >= 0.6 is 0 Å².